The fourth-order valence-electron chi connectivity index (χ4n) is 1.85. The maximum absolute atomic E-state index is 9.03. The van der Waals surface area contributed by atoms with E-state index in [-0.39, 0.29) is 0 Å². The topological polar surface area (TPSA) is 32.3 Å². The van der Waals surface area contributed by atoms with Gasteiger partial charge in [-0.3, -0.25) is 0 Å². The third-order valence-corrected chi connectivity index (χ3v) is 3.36. The first-order chi connectivity index (χ1) is 7.33. The Morgan fingerprint density at radius 1 is 1.06 bits per heavy atom. The maximum Gasteiger partial charge on any atom is 0.0436 e. The minimum Gasteiger partial charge on any atom is -0.396 e. The Morgan fingerprint density at radius 2 is 1.69 bits per heavy atom. The third-order valence-electron chi connectivity index (χ3n) is 3.36. The minimum absolute atomic E-state index is 0.319. The molecule has 0 bridgehead atoms. The van der Waals surface area contributed by atoms with Crippen LogP contribution in [0, 0.1) is 10.8 Å². The number of rotatable bonds is 8. The first-order valence-electron chi connectivity index (χ1n) is 6.64. The molecule has 2 nitrogen and oxygen atoms in total. The Hall–Kier alpha value is -0.0800. The molecule has 0 saturated carbocycles. The average molecular weight is 229 g/mol. The van der Waals surface area contributed by atoms with E-state index in [1.807, 2.05) is 0 Å². The zero-order valence-corrected chi connectivity index (χ0v) is 11.9. The molecule has 0 aromatic rings. The van der Waals surface area contributed by atoms with Crippen LogP contribution in [0.4, 0.5) is 0 Å². The highest BCUT2D eigenvalue weighted by atomic mass is 16.3. The summed E-state index contributed by atoms with van der Waals surface area (Å²) in [5, 5.41) is 12.5. The lowest BCUT2D eigenvalue weighted by Gasteiger charge is -2.27. The fraction of sp³-hybridized carbons (Fsp3) is 1.00. The lowest BCUT2D eigenvalue weighted by Crippen LogP contribution is -2.28. The summed E-state index contributed by atoms with van der Waals surface area (Å²) in [4.78, 5) is 0. The molecule has 0 aromatic heterocycles. The molecule has 1 unspecified atom stereocenters. The van der Waals surface area contributed by atoms with Crippen LogP contribution in [0.15, 0.2) is 0 Å². The molecule has 2 N–H and O–H groups in total. The van der Waals surface area contributed by atoms with E-state index in [0.29, 0.717) is 17.4 Å². The highest BCUT2D eigenvalue weighted by Crippen LogP contribution is 2.30. The molecular formula is C14H31NO. The van der Waals surface area contributed by atoms with Gasteiger partial charge < -0.3 is 10.4 Å². The summed E-state index contributed by atoms with van der Waals surface area (Å²) < 4.78 is 0. The predicted molar refractivity (Wildman–Crippen MR) is 71.7 cm³/mol. The number of hydrogen-bond acceptors (Lipinski definition) is 2. The van der Waals surface area contributed by atoms with Crippen molar-refractivity contribution in [1.82, 2.24) is 5.32 Å². The lowest BCUT2D eigenvalue weighted by molar-refractivity contribution is 0.177. The summed E-state index contributed by atoms with van der Waals surface area (Å²) in [6.45, 7) is 13.8. The van der Waals surface area contributed by atoms with Crippen LogP contribution < -0.4 is 5.32 Å². The van der Waals surface area contributed by atoms with Gasteiger partial charge in [0.1, 0.15) is 0 Å². The molecular weight excluding hydrogens is 198 g/mol. The summed E-state index contributed by atoms with van der Waals surface area (Å²) >= 11 is 0. The zero-order chi connectivity index (χ0) is 12.7. The van der Waals surface area contributed by atoms with Crippen LogP contribution in [0.2, 0.25) is 0 Å². The normalized spacial score (nSPS) is 16.1. The molecule has 2 heteroatoms. The molecule has 98 valence electrons. The van der Waals surface area contributed by atoms with Crippen molar-refractivity contribution in [1.29, 1.82) is 0 Å². The molecule has 0 aliphatic carbocycles. The fourth-order valence-corrected chi connectivity index (χ4v) is 1.85. The van der Waals surface area contributed by atoms with Crippen molar-refractivity contribution in [2.45, 2.75) is 60.3 Å². The van der Waals surface area contributed by atoms with Crippen LogP contribution in [-0.2, 0) is 0 Å². The number of nitrogens with one attached hydrogen (secondary N) is 1. The van der Waals surface area contributed by atoms with Gasteiger partial charge in [-0.1, -0.05) is 41.0 Å². The number of aliphatic hydroxyl groups is 1. The molecule has 1 atom stereocenters. The average Bonchev–Trinajstić information content (AvgIpc) is 2.16. The lowest BCUT2D eigenvalue weighted by atomic mass is 9.80. The van der Waals surface area contributed by atoms with Crippen molar-refractivity contribution in [3.05, 3.63) is 0 Å². The molecule has 0 saturated heterocycles. The molecule has 0 fully saturated rings. The zero-order valence-electron chi connectivity index (χ0n) is 11.9. The molecule has 0 aromatic carbocycles. The molecule has 16 heavy (non-hydrogen) atoms. The van der Waals surface area contributed by atoms with Crippen LogP contribution in [0.3, 0.4) is 0 Å². The van der Waals surface area contributed by atoms with E-state index < -0.39 is 0 Å². The van der Waals surface area contributed by atoms with Crippen molar-refractivity contribution < 1.29 is 5.11 Å². The Morgan fingerprint density at radius 3 is 2.12 bits per heavy atom. The van der Waals surface area contributed by atoms with E-state index in [9.17, 15) is 0 Å². The second-order valence-corrected chi connectivity index (χ2v) is 6.48. The van der Waals surface area contributed by atoms with Crippen LogP contribution in [0.25, 0.3) is 0 Å². The van der Waals surface area contributed by atoms with Crippen molar-refractivity contribution in [3.8, 4) is 0 Å². The predicted octanol–water partition coefficient (Wildman–Crippen LogP) is 3.20. The van der Waals surface area contributed by atoms with E-state index in [2.05, 4.69) is 39.9 Å². The van der Waals surface area contributed by atoms with Crippen molar-refractivity contribution >= 4 is 0 Å². The molecule has 0 heterocycles. The van der Waals surface area contributed by atoms with Crippen LogP contribution in [0.5, 0.6) is 0 Å². The van der Waals surface area contributed by atoms with Gasteiger partial charge in [-0.2, -0.15) is 0 Å². The summed E-state index contributed by atoms with van der Waals surface area (Å²) in [7, 11) is 0. The van der Waals surface area contributed by atoms with Gasteiger partial charge >= 0.3 is 0 Å². The number of aliphatic hydroxyl groups excluding tert-OH is 1. The first kappa shape index (κ1) is 15.9. The van der Waals surface area contributed by atoms with Gasteiger partial charge in [-0.25, -0.2) is 0 Å². The highest BCUT2D eigenvalue weighted by molar-refractivity contribution is 4.73. The second kappa shape index (κ2) is 7.29. The Balaban J connectivity index is 3.64. The molecule has 0 aliphatic heterocycles. The summed E-state index contributed by atoms with van der Waals surface area (Å²) in [5.41, 5.74) is 0.706. The van der Waals surface area contributed by atoms with Gasteiger partial charge in [-0.15, -0.1) is 0 Å². The van der Waals surface area contributed by atoms with Crippen molar-refractivity contribution in [2.24, 2.45) is 10.8 Å². The Kier molecular flexibility index (Phi) is 7.25. The first-order valence-corrected chi connectivity index (χ1v) is 6.64. The SMILES string of the molecule is CCC(C)(CCO)CCCNCC(C)(C)C. The van der Waals surface area contributed by atoms with Gasteiger partial charge in [0.2, 0.25) is 0 Å². The second-order valence-electron chi connectivity index (χ2n) is 6.48. The van der Waals surface area contributed by atoms with E-state index in [1.54, 1.807) is 0 Å². The standard InChI is InChI=1S/C14H31NO/c1-6-14(5,9-11-16)8-7-10-15-12-13(2,3)4/h15-16H,6-12H2,1-5H3. The molecule has 0 spiro atoms. The largest absolute Gasteiger partial charge is 0.396 e. The van der Waals surface area contributed by atoms with Crippen molar-refractivity contribution in [3.63, 3.8) is 0 Å². The molecule has 0 rings (SSSR count). The molecule has 0 amide bonds. The third kappa shape index (κ3) is 8.12. The molecule has 0 aliphatic rings. The van der Waals surface area contributed by atoms with E-state index in [4.69, 9.17) is 5.11 Å². The van der Waals surface area contributed by atoms with E-state index in [1.165, 1.54) is 12.8 Å². The Bertz CT molecular complexity index is 174. The van der Waals surface area contributed by atoms with E-state index in [0.717, 1.165) is 25.9 Å². The number of hydrogen-bond donors (Lipinski definition) is 2. The molecule has 0 radical (unpaired) electrons. The quantitative estimate of drug-likeness (QED) is 0.626. The van der Waals surface area contributed by atoms with Gasteiger partial charge in [-0.05, 0) is 43.2 Å². The van der Waals surface area contributed by atoms with Crippen LogP contribution in [0.1, 0.15) is 60.3 Å². The van der Waals surface area contributed by atoms with E-state index >= 15 is 0 Å². The van der Waals surface area contributed by atoms with Gasteiger partial charge in [0.15, 0.2) is 0 Å². The maximum atomic E-state index is 9.03. The highest BCUT2D eigenvalue weighted by Gasteiger charge is 2.20. The Labute approximate surface area is 102 Å². The summed E-state index contributed by atoms with van der Waals surface area (Å²) in [5.74, 6) is 0. The van der Waals surface area contributed by atoms with Gasteiger partial charge in [0.05, 0.1) is 0 Å². The smallest absolute Gasteiger partial charge is 0.0436 e. The van der Waals surface area contributed by atoms with Crippen LogP contribution in [-0.4, -0.2) is 24.8 Å². The van der Waals surface area contributed by atoms with Crippen LogP contribution >= 0.6 is 0 Å². The van der Waals surface area contributed by atoms with Gasteiger partial charge in [0.25, 0.3) is 0 Å². The summed E-state index contributed by atoms with van der Waals surface area (Å²) in [6, 6.07) is 0. The van der Waals surface area contributed by atoms with Crippen molar-refractivity contribution in [2.75, 3.05) is 19.7 Å². The minimum atomic E-state index is 0.319. The monoisotopic (exact) mass is 229 g/mol. The van der Waals surface area contributed by atoms with Gasteiger partial charge in [0, 0.05) is 6.61 Å². The summed E-state index contributed by atoms with van der Waals surface area (Å²) in [6.07, 6.45) is 4.51.